The molecule has 3 aromatic rings. The molecule has 1 N–H and O–H groups in total. The Morgan fingerprint density at radius 3 is 2.50 bits per heavy atom. The molecule has 0 bridgehead atoms. The second-order valence-electron chi connectivity index (χ2n) is 7.70. The summed E-state index contributed by atoms with van der Waals surface area (Å²) in [5, 5.41) is 4.38. The van der Waals surface area contributed by atoms with Crippen molar-refractivity contribution in [2.24, 2.45) is 4.99 Å². The van der Waals surface area contributed by atoms with E-state index in [1.165, 1.54) is 17.3 Å². The first-order chi connectivity index (χ1) is 16.3. The van der Waals surface area contributed by atoms with Crippen molar-refractivity contribution in [1.29, 1.82) is 0 Å². The molecule has 1 fully saturated rings. The lowest BCUT2D eigenvalue weighted by Gasteiger charge is -2.13. The molecule has 0 unspecified atom stereocenters. The molecule has 1 amide bonds. The van der Waals surface area contributed by atoms with Gasteiger partial charge >= 0.3 is 0 Å². The minimum atomic E-state index is -0.217. The third-order valence-electron chi connectivity index (χ3n) is 5.22. The number of halogens is 2. The maximum Gasteiger partial charge on any atom is 0.264 e. The standard InChI is InChI=1S/C26H22Cl2N2O3S/c1-15-4-9-20(10-16(15)2)29-26-30-25(31)23(34-26)13-18-11-21(28)24(22(12-18)32-3)33-14-17-5-7-19(27)8-6-17/h4-13H,14H2,1-3H3,(H,29,30,31)/b23-13-. The first kappa shape index (κ1) is 24.2. The lowest BCUT2D eigenvalue weighted by atomic mass is 10.1. The summed E-state index contributed by atoms with van der Waals surface area (Å²) in [6.07, 6.45) is 1.75. The number of hydrogen-bond acceptors (Lipinski definition) is 5. The van der Waals surface area contributed by atoms with Crippen LogP contribution in [-0.4, -0.2) is 18.2 Å². The number of amides is 1. The highest BCUT2D eigenvalue weighted by molar-refractivity contribution is 8.18. The van der Waals surface area contributed by atoms with Gasteiger partial charge in [0, 0.05) is 5.02 Å². The van der Waals surface area contributed by atoms with Gasteiger partial charge in [0.2, 0.25) is 0 Å². The lowest BCUT2D eigenvalue weighted by molar-refractivity contribution is -0.115. The monoisotopic (exact) mass is 512 g/mol. The normalized spacial score (nSPS) is 15.6. The van der Waals surface area contributed by atoms with E-state index < -0.39 is 0 Å². The number of thioether (sulfide) groups is 1. The van der Waals surface area contributed by atoms with Crippen molar-refractivity contribution in [1.82, 2.24) is 5.32 Å². The molecule has 0 spiro atoms. The van der Waals surface area contributed by atoms with Crippen LogP contribution in [0.5, 0.6) is 11.5 Å². The summed E-state index contributed by atoms with van der Waals surface area (Å²) in [5.41, 5.74) is 4.79. The Morgan fingerprint density at radius 2 is 1.79 bits per heavy atom. The number of hydrogen-bond donors (Lipinski definition) is 1. The number of carbonyl (C=O) groups is 1. The molecular weight excluding hydrogens is 491 g/mol. The number of rotatable bonds is 6. The van der Waals surface area contributed by atoms with Gasteiger partial charge in [0.1, 0.15) is 6.61 Å². The van der Waals surface area contributed by atoms with Crippen LogP contribution in [0.3, 0.4) is 0 Å². The summed E-state index contributed by atoms with van der Waals surface area (Å²) in [5.74, 6) is 0.688. The molecule has 174 valence electrons. The average molecular weight is 513 g/mol. The molecule has 0 aromatic heterocycles. The van der Waals surface area contributed by atoms with Gasteiger partial charge in [-0.1, -0.05) is 41.4 Å². The molecule has 1 heterocycles. The van der Waals surface area contributed by atoms with Crippen molar-refractivity contribution >= 4 is 57.8 Å². The Balaban J connectivity index is 1.53. The Bertz CT molecular complexity index is 1300. The lowest BCUT2D eigenvalue weighted by Crippen LogP contribution is -2.19. The molecule has 8 heteroatoms. The molecule has 0 radical (unpaired) electrons. The van der Waals surface area contributed by atoms with Gasteiger partial charge in [0.15, 0.2) is 16.7 Å². The van der Waals surface area contributed by atoms with Crippen LogP contribution in [0.2, 0.25) is 10.0 Å². The van der Waals surface area contributed by atoms with E-state index in [0.717, 1.165) is 16.8 Å². The first-order valence-corrected chi connectivity index (χ1v) is 12.0. The van der Waals surface area contributed by atoms with Crippen molar-refractivity contribution in [3.8, 4) is 11.5 Å². The number of ether oxygens (including phenoxy) is 2. The summed E-state index contributed by atoms with van der Waals surface area (Å²) < 4.78 is 11.4. The number of nitrogens with one attached hydrogen (secondary N) is 1. The molecule has 0 saturated carbocycles. The minimum Gasteiger partial charge on any atom is -0.493 e. The van der Waals surface area contributed by atoms with Crippen molar-refractivity contribution < 1.29 is 14.3 Å². The van der Waals surface area contributed by atoms with Crippen LogP contribution in [0.25, 0.3) is 6.08 Å². The predicted molar refractivity (Wildman–Crippen MR) is 141 cm³/mol. The maximum absolute atomic E-state index is 12.5. The molecule has 0 aliphatic carbocycles. The zero-order chi connectivity index (χ0) is 24.2. The van der Waals surface area contributed by atoms with E-state index in [9.17, 15) is 4.79 Å². The van der Waals surface area contributed by atoms with Gasteiger partial charge in [0.05, 0.1) is 22.7 Å². The fourth-order valence-electron chi connectivity index (χ4n) is 3.24. The number of amidine groups is 1. The van der Waals surface area contributed by atoms with Crippen LogP contribution < -0.4 is 14.8 Å². The number of methoxy groups -OCH3 is 1. The van der Waals surface area contributed by atoms with Gasteiger partial charge in [-0.25, -0.2) is 4.99 Å². The molecule has 4 rings (SSSR count). The quantitative estimate of drug-likeness (QED) is 0.358. The highest BCUT2D eigenvalue weighted by atomic mass is 35.5. The highest BCUT2D eigenvalue weighted by Crippen LogP contribution is 2.38. The highest BCUT2D eigenvalue weighted by Gasteiger charge is 2.24. The molecular formula is C26H22Cl2N2O3S. The number of benzene rings is 3. The maximum atomic E-state index is 12.5. The van der Waals surface area contributed by atoms with Crippen molar-refractivity contribution in [2.45, 2.75) is 20.5 Å². The largest absolute Gasteiger partial charge is 0.493 e. The van der Waals surface area contributed by atoms with E-state index in [1.807, 2.05) is 44.2 Å². The minimum absolute atomic E-state index is 0.217. The number of aliphatic imine (C=N–C) groups is 1. The summed E-state index contributed by atoms with van der Waals surface area (Å²) >= 11 is 13.7. The van der Waals surface area contributed by atoms with E-state index in [1.54, 1.807) is 37.5 Å². The Hall–Kier alpha value is -2.93. The van der Waals surface area contributed by atoms with Gasteiger partial charge in [-0.2, -0.15) is 0 Å². The second-order valence-corrected chi connectivity index (χ2v) is 9.57. The van der Waals surface area contributed by atoms with Crippen molar-refractivity contribution in [2.75, 3.05) is 7.11 Å². The third kappa shape index (κ3) is 5.76. The van der Waals surface area contributed by atoms with Crippen LogP contribution in [0, 0.1) is 13.8 Å². The molecule has 1 aliphatic heterocycles. The van der Waals surface area contributed by atoms with Crippen LogP contribution >= 0.6 is 35.0 Å². The van der Waals surface area contributed by atoms with Crippen molar-refractivity contribution in [3.63, 3.8) is 0 Å². The topological polar surface area (TPSA) is 59.9 Å². The summed E-state index contributed by atoms with van der Waals surface area (Å²) in [6, 6.07) is 16.8. The summed E-state index contributed by atoms with van der Waals surface area (Å²) in [6.45, 7) is 4.39. The fourth-order valence-corrected chi connectivity index (χ4v) is 4.49. The molecule has 5 nitrogen and oxygen atoms in total. The Kier molecular flexibility index (Phi) is 7.51. The van der Waals surface area contributed by atoms with E-state index >= 15 is 0 Å². The molecule has 1 aliphatic rings. The van der Waals surface area contributed by atoms with Crippen molar-refractivity contribution in [3.05, 3.63) is 91.8 Å². The molecule has 3 aromatic carbocycles. The molecule has 0 atom stereocenters. The van der Waals surface area contributed by atoms with Crippen LogP contribution in [-0.2, 0) is 11.4 Å². The van der Waals surface area contributed by atoms with Crippen LogP contribution in [0.4, 0.5) is 5.69 Å². The van der Waals surface area contributed by atoms with Gasteiger partial charge in [-0.3, -0.25) is 4.79 Å². The van der Waals surface area contributed by atoms with Gasteiger partial charge in [-0.05, 0) is 90.3 Å². The predicted octanol–water partition coefficient (Wildman–Crippen LogP) is 7.09. The zero-order valence-electron chi connectivity index (χ0n) is 18.8. The number of nitrogens with zero attached hydrogens (tertiary/aromatic N) is 1. The van der Waals surface area contributed by atoms with Crippen LogP contribution in [0.1, 0.15) is 22.3 Å². The first-order valence-electron chi connectivity index (χ1n) is 10.4. The van der Waals surface area contributed by atoms with Gasteiger partial charge < -0.3 is 14.8 Å². The van der Waals surface area contributed by atoms with E-state index in [4.69, 9.17) is 32.7 Å². The Morgan fingerprint density at radius 1 is 1.03 bits per heavy atom. The third-order valence-corrected chi connectivity index (χ3v) is 6.66. The Labute approximate surface area is 212 Å². The fraction of sp³-hybridized carbons (Fsp3) is 0.154. The van der Waals surface area contributed by atoms with E-state index in [-0.39, 0.29) is 5.91 Å². The molecule has 34 heavy (non-hydrogen) atoms. The van der Waals surface area contributed by atoms with Gasteiger partial charge in [-0.15, -0.1) is 0 Å². The molecule has 1 saturated heterocycles. The summed E-state index contributed by atoms with van der Waals surface area (Å²) in [7, 11) is 1.54. The second kappa shape index (κ2) is 10.6. The van der Waals surface area contributed by atoms with E-state index in [2.05, 4.69) is 10.3 Å². The SMILES string of the molecule is COc1cc(/C=C2\SC(=Nc3ccc(C)c(C)c3)NC2=O)cc(Cl)c1OCc1ccc(Cl)cc1. The van der Waals surface area contributed by atoms with Gasteiger partial charge in [0.25, 0.3) is 5.91 Å². The van der Waals surface area contributed by atoms with E-state index in [0.29, 0.717) is 43.8 Å². The smallest absolute Gasteiger partial charge is 0.264 e. The van der Waals surface area contributed by atoms with Crippen LogP contribution in [0.15, 0.2) is 64.5 Å². The zero-order valence-corrected chi connectivity index (χ0v) is 21.1. The summed E-state index contributed by atoms with van der Waals surface area (Å²) in [4.78, 5) is 17.6. The average Bonchev–Trinajstić information content (AvgIpc) is 3.14. The number of aryl methyl sites for hydroxylation is 2. The number of carbonyl (C=O) groups excluding carboxylic acids is 1.